The van der Waals surface area contributed by atoms with E-state index in [-0.39, 0.29) is 0 Å². The molecule has 0 aromatic carbocycles. The summed E-state index contributed by atoms with van der Waals surface area (Å²) in [5.41, 5.74) is 1.20. The number of hydrogen-bond acceptors (Lipinski definition) is 3. The van der Waals surface area contributed by atoms with Crippen molar-refractivity contribution >= 4 is 23.1 Å². The van der Waals surface area contributed by atoms with Crippen LogP contribution in [0.2, 0.25) is 0 Å². The van der Waals surface area contributed by atoms with Crippen LogP contribution in [-0.4, -0.2) is 0 Å². The summed E-state index contributed by atoms with van der Waals surface area (Å²) < 4.78 is 5.31. The quantitative estimate of drug-likeness (QED) is 0.724. The predicted octanol–water partition coefficient (Wildman–Crippen LogP) is 3.80. The highest BCUT2D eigenvalue weighted by Gasteiger charge is 2.03. The van der Waals surface area contributed by atoms with Crippen LogP contribution in [0.4, 0.5) is 0 Å². The average Bonchev–Trinajstić information content (AvgIpc) is 2.65. The van der Waals surface area contributed by atoms with Crippen molar-refractivity contribution < 1.29 is 4.42 Å². The zero-order chi connectivity index (χ0) is 8.39. The summed E-state index contributed by atoms with van der Waals surface area (Å²) >= 11 is 3.38. The number of hydrogen-bond donors (Lipinski definition) is 0. The van der Waals surface area contributed by atoms with E-state index in [9.17, 15) is 0 Å². The Morgan fingerprint density at radius 1 is 1.42 bits per heavy atom. The summed E-state index contributed by atoms with van der Waals surface area (Å²) in [4.78, 5) is 1.25. The molecule has 0 atom stereocenters. The monoisotopic (exact) mass is 196 g/mol. The van der Waals surface area contributed by atoms with Crippen molar-refractivity contribution in [1.82, 2.24) is 0 Å². The van der Waals surface area contributed by atoms with Gasteiger partial charge in [-0.1, -0.05) is 11.8 Å². The number of aryl methyl sites for hydroxylation is 1. The van der Waals surface area contributed by atoms with Gasteiger partial charge in [0.1, 0.15) is 0 Å². The molecule has 0 fully saturated rings. The summed E-state index contributed by atoms with van der Waals surface area (Å²) in [5.74, 6) is 0. The van der Waals surface area contributed by atoms with Crippen LogP contribution >= 0.6 is 23.1 Å². The highest BCUT2D eigenvalue weighted by Crippen LogP contribution is 2.31. The van der Waals surface area contributed by atoms with E-state index in [1.54, 1.807) is 29.4 Å². The van der Waals surface area contributed by atoms with Gasteiger partial charge in [0, 0.05) is 15.8 Å². The minimum Gasteiger partial charge on any atom is -0.458 e. The van der Waals surface area contributed by atoms with Crippen molar-refractivity contribution in [2.75, 3.05) is 0 Å². The van der Waals surface area contributed by atoms with E-state index in [1.807, 2.05) is 6.07 Å². The molecule has 0 bridgehead atoms. The van der Waals surface area contributed by atoms with Crippen LogP contribution < -0.4 is 0 Å². The molecule has 3 heteroatoms. The number of rotatable bonds is 2. The standard InChI is InChI=1S/C9H8OS2/c1-7-2-4-10-9(7)12-8-3-5-11-6-8/h2-6H,1H3. The summed E-state index contributed by atoms with van der Waals surface area (Å²) in [6, 6.07) is 4.08. The van der Waals surface area contributed by atoms with Crippen LogP contribution in [0.3, 0.4) is 0 Å². The molecule has 0 spiro atoms. The lowest BCUT2D eigenvalue weighted by molar-refractivity contribution is 0.471. The molecule has 0 aliphatic carbocycles. The maximum atomic E-state index is 5.31. The summed E-state index contributed by atoms with van der Waals surface area (Å²) in [7, 11) is 0. The van der Waals surface area contributed by atoms with Crippen LogP contribution in [-0.2, 0) is 0 Å². The first-order chi connectivity index (χ1) is 5.86. The van der Waals surface area contributed by atoms with Gasteiger partial charge < -0.3 is 4.42 Å². The third-order valence-electron chi connectivity index (χ3n) is 1.52. The average molecular weight is 196 g/mol. The predicted molar refractivity (Wildman–Crippen MR) is 51.9 cm³/mol. The molecule has 0 amide bonds. The molecule has 2 aromatic rings. The Morgan fingerprint density at radius 3 is 2.92 bits per heavy atom. The molecule has 2 rings (SSSR count). The van der Waals surface area contributed by atoms with Gasteiger partial charge in [-0.2, -0.15) is 11.3 Å². The van der Waals surface area contributed by atoms with E-state index < -0.39 is 0 Å². The molecule has 62 valence electrons. The fraction of sp³-hybridized carbons (Fsp3) is 0.111. The zero-order valence-corrected chi connectivity index (χ0v) is 8.24. The molecule has 2 heterocycles. The molecule has 0 radical (unpaired) electrons. The van der Waals surface area contributed by atoms with Crippen LogP contribution in [0.1, 0.15) is 5.56 Å². The first-order valence-corrected chi connectivity index (χ1v) is 5.36. The second-order valence-corrected chi connectivity index (χ2v) is 4.28. The van der Waals surface area contributed by atoms with E-state index in [4.69, 9.17) is 4.42 Å². The van der Waals surface area contributed by atoms with Crippen LogP contribution in [0, 0.1) is 6.92 Å². The molecule has 0 aliphatic rings. The van der Waals surface area contributed by atoms with E-state index in [0.717, 1.165) is 5.09 Å². The molecule has 1 nitrogen and oxygen atoms in total. The SMILES string of the molecule is Cc1ccoc1Sc1ccsc1. The zero-order valence-electron chi connectivity index (χ0n) is 6.61. The van der Waals surface area contributed by atoms with Gasteiger partial charge in [0.2, 0.25) is 0 Å². The second-order valence-electron chi connectivity index (χ2n) is 2.45. The maximum Gasteiger partial charge on any atom is 0.167 e. The minimum absolute atomic E-state index is 0.994. The van der Waals surface area contributed by atoms with Crippen molar-refractivity contribution in [3.63, 3.8) is 0 Å². The van der Waals surface area contributed by atoms with Crippen molar-refractivity contribution in [1.29, 1.82) is 0 Å². The van der Waals surface area contributed by atoms with Gasteiger partial charge >= 0.3 is 0 Å². The van der Waals surface area contributed by atoms with Crippen molar-refractivity contribution in [2.45, 2.75) is 16.9 Å². The largest absolute Gasteiger partial charge is 0.458 e. The van der Waals surface area contributed by atoms with Gasteiger partial charge in [-0.3, -0.25) is 0 Å². The van der Waals surface area contributed by atoms with E-state index >= 15 is 0 Å². The molecule has 0 saturated heterocycles. The van der Waals surface area contributed by atoms with Gasteiger partial charge in [-0.25, -0.2) is 0 Å². The Kier molecular flexibility index (Phi) is 2.23. The van der Waals surface area contributed by atoms with Crippen LogP contribution in [0.15, 0.2) is 43.6 Å². The summed E-state index contributed by atoms with van der Waals surface area (Å²) in [5, 5.41) is 5.18. The van der Waals surface area contributed by atoms with Gasteiger partial charge in [-0.15, -0.1) is 0 Å². The Morgan fingerprint density at radius 2 is 2.33 bits per heavy atom. The first kappa shape index (κ1) is 7.95. The lowest BCUT2D eigenvalue weighted by Crippen LogP contribution is -1.67. The number of thiophene rings is 1. The van der Waals surface area contributed by atoms with E-state index in [2.05, 4.69) is 23.8 Å². The van der Waals surface area contributed by atoms with Gasteiger partial charge in [0.15, 0.2) is 5.09 Å². The Labute approximate surface area is 79.4 Å². The molecule has 0 aliphatic heterocycles. The molecule has 0 saturated carbocycles. The first-order valence-electron chi connectivity index (χ1n) is 3.60. The Hall–Kier alpha value is -0.670. The number of furan rings is 1. The summed E-state index contributed by atoms with van der Waals surface area (Å²) in [6.07, 6.45) is 1.73. The lowest BCUT2D eigenvalue weighted by Gasteiger charge is -1.93. The molecule has 0 unspecified atom stereocenters. The Balaban J connectivity index is 2.20. The van der Waals surface area contributed by atoms with E-state index in [0.29, 0.717) is 0 Å². The van der Waals surface area contributed by atoms with Crippen molar-refractivity contribution in [3.8, 4) is 0 Å². The molecule has 2 aromatic heterocycles. The molecular formula is C9H8OS2. The van der Waals surface area contributed by atoms with Crippen LogP contribution in [0.25, 0.3) is 0 Å². The van der Waals surface area contributed by atoms with Gasteiger partial charge in [0.25, 0.3) is 0 Å². The van der Waals surface area contributed by atoms with E-state index in [1.165, 1.54) is 10.5 Å². The van der Waals surface area contributed by atoms with Crippen molar-refractivity contribution in [3.05, 3.63) is 34.7 Å². The maximum absolute atomic E-state index is 5.31. The third kappa shape index (κ3) is 1.57. The molecule has 12 heavy (non-hydrogen) atoms. The van der Waals surface area contributed by atoms with Gasteiger partial charge in [-0.05, 0) is 24.4 Å². The smallest absolute Gasteiger partial charge is 0.167 e. The van der Waals surface area contributed by atoms with Crippen LogP contribution in [0.5, 0.6) is 0 Å². The van der Waals surface area contributed by atoms with Crippen molar-refractivity contribution in [2.24, 2.45) is 0 Å². The fourth-order valence-electron chi connectivity index (χ4n) is 0.881. The topological polar surface area (TPSA) is 13.1 Å². The van der Waals surface area contributed by atoms with Gasteiger partial charge in [0.05, 0.1) is 6.26 Å². The second kappa shape index (κ2) is 3.37. The minimum atomic E-state index is 0.994. The molecule has 0 N–H and O–H groups in total. The Bertz CT molecular complexity index is 348. The highest BCUT2D eigenvalue weighted by atomic mass is 32.2. The molecular weight excluding hydrogens is 188 g/mol. The lowest BCUT2D eigenvalue weighted by atomic mass is 10.4. The summed E-state index contributed by atoms with van der Waals surface area (Å²) in [6.45, 7) is 2.05. The highest BCUT2D eigenvalue weighted by molar-refractivity contribution is 7.99. The normalized spacial score (nSPS) is 10.4. The fourth-order valence-corrected chi connectivity index (χ4v) is 2.53. The third-order valence-corrected chi connectivity index (χ3v) is 3.45.